The van der Waals surface area contributed by atoms with Crippen LogP contribution in [0.1, 0.15) is 37.8 Å². The highest BCUT2D eigenvalue weighted by atomic mass is 15.2. The van der Waals surface area contributed by atoms with E-state index >= 15 is 0 Å². The van der Waals surface area contributed by atoms with Gasteiger partial charge in [-0.3, -0.25) is 0 Å². The van der Waals surface area contributed by atoms with Crippen LogP contribution in [-0.2, 0) is 0 Å². The Labute approximate surface area is 97.0 Å². The lowest BCUT2D eigenvalue weighted by molar-refractivity contribution is 0.679. The first kappa shape index (κ1) is 11.1. The van der Waals surface area contributed by atoms with Crippen molar-refractivity contribution in [2.45, 2.75) is 39.0 Å². The van der Waals surface area contributed by atoms with E-state index in [9.17, 15) is 0 Å². The Morgan fingerprint density at radius 2 is 2.19 bits per heavy atom. The monoisotopic (exact) mass is 217 g/mol. The molecule has 3 heteroatoms. The number of rotatable bonds is 4. The van der Waals surface area contributed by atoms with Crippen LogP contribution in [0, 0.1) is 6.92 Å². The van der Waals surface area contributed by atoms with Gasteiger partial charge in [-0.2, -0.15) is 5.10 Å². The van der Waals surface area contributed by atoms with Crippen LogP contribution in [0.25, 0.3) is 0 Å². The summed E-state index contributed by atoms with van der Waals surface area (Å²) < 4.78 is 0. The fourth-order valence-electron chi connectivity index (χ4n) is 1.98. The van der Waals surface area contributed by atoms with Gasteiger partial charge in [0.05, 0.1) is 5.69 Å². The second kappa shape index (κ2) is 5.64. The summed E-state index contributed by atoms with van der Waals surface area (Å²) in [6, 6.07) is 3.97. The zero-order valence-corrected chi connectivity index (χ0v) is 9.87. The Hall–Kier alpha value is -1.38. The third-order valence-corrected chi connectivity index (χ3v) is 2.94. The van der Waals surface area contributed by atoms with Gasteiger partial charge in [0.2, 0.25) is 0 Å². The molecule has 0 unspecified atom stereocenters. The smallest absolute Gasteiger partial charge is 0.148 e. The third kappa shape index (κ3) is 3.33. The van der Waals surface area contributed by atoms with E-state index in [2.05, 4.69) is 21.6 Å². The molecular formula is C13H19N3. The first-order valence-corrected chi connectivity index (χ1v) is 6.07. The number of aryl methyl sites for hydroxylation is 1. The number of aromatic nitrogens is 2. The van der Waals surface area contributed by atoms with Crippen LogP contribution in [0.15, 0.2) is 23.8 Å². The Morgan fingerprint density at radius 3 is 2.88 bits per heavy atom. The van der Waals surface area contributed by atoms with E-state index in [1.54, 1.807) is 5.57 Å². The minimum Gasteiger partial charge on any atom is -0.368 e. The molecular weight excluding hydrogens is 198 g/mol. The molecule has 16 heavy (non-hydrogen) atoms. The van der Waals surface area contributed by atoms with Gasteiger partial charge in [0.25, 0.3) is 0 Å². The maximum absolute atomic E-state index is 4.08. The van der Waals surface area contributed by atoms with Crippen molar-refractivity contribution in [2.75, 3.05) is 11.9 Å². The van der Waals surface area contributed by atoms with E-state index in [1.165, 1.54) is 25.7 Å². The summed E-state index contributed by atoms with van der Waals surface area (Å²) in [4.78, 5) is 0. The average molecular weight is 217 g/mol. The van der Waals surface area contributed by atoms with Gasteiger partial charge in [0.1, 0.15) is 5.82 Å². The van der Waals surface area contributed by atoms with Crippen molar-refractivity contribution in [2.24, 2.45) is 0 Å². The lowest BCUT2D eigenvalue weighted by Gasteiger charge is -2.12. The maximum Gasteiger partial charge on any atom is 0.148 e. The van der Waals surface area contributed by atoms with Crippen LogP contribution >= 0.6 is 0 Å². The van der Waals surface area contributed by atoms with E-state index in [0.29, 0.717) is 0 Å². The second-order valence-corrected chi connectivity index (χ2v) is 4.34. The largest absolute Gasteiger partial charge is 0.368 e. The summed E-state index contributed by atoms with van der Waals surface area (Å²) in [6.07, 6.45) is 8.79. The molecule has 0 bridgehead atoms. The Bertz CT molecular complexity index is 354. The minimum atomic E-state index is 0.877. The molecule has 1 aromatic heterocycles. The summed E-state index contributed by atoms with van der Waals surface area (Å²) in [6.45, 7) is 2.91. The third-order valence-electron chi connectivity index (χ3n) is 2.94. The molecule has 1 heterocycles. The van der Waals surface area contributed by atoms with Crippen LogP contribution in [0.5, 0.6) is 0 Å². The van der Waals surface area contributed by atoms with E-state index in [4.69, 9.17) is 0 Å². The number of anilines is 1. The standard InChI is InChI=1S/C13H19N3/c1-11-7-8-13(16-15-11)14-10-9-12-5-3-2-4-6-12/h5,7-8H,2-4,6,9-10H2,1H3,(H,14,16). The maximum atomic E-state index is 4.08. The molecule has 2 rings (SSSR count). The average Bonchev–Trinajstić information content (AvgIpc) is 2.33. The Morgan fingerprint density at radius 1 is 1.25 bits per heavy atom. The van der Waals surface area contributed by atoms with Gasteiger partial charge in [-0.05, 0) is 51.2 Å². The lowest BCUT2D eigenvalue weighted by atomic mass is 9.97. The molecule has 1 aromatic rings. The number of nitrogens with zero attached hydrogens (tertiary/aromatic N) is 2. The lowest BCUT2D eigenvalue weighted by Crippen LogP contribution is -2.06. The van der Waals surface area contributed by atoms with Crippen molar-refractivity contribution < 1.29 is 0 Å². The van der Waals surface area contributed by atoms with Gasteiger partial charge in [-0.15, -0.1) is 5.10 Å². The van der Waals surface area contributed by atoms with Crippen LogP contribution in [0.2, 0.25) is 0 Å². The second-order valence-electron chi connectivity index (χ2n) is 4.34. The molecule has 0 aromatic carbocycles. The van der Waals surface area contributed by atoms with Gasteiger partial charge in [-0.25, -0.2) is 0 Å². The summed E-state index contributed by atoms with van der Waals surface area (Å²) in [5.74, 6) is 0.877. The molecule has 0 saturated carbocycles. The van der Waals surface area contributed by atoms with Gasteiger partial charge >= 0.3 is 0 Å². The highest BCUT2D eigenvalue weighted by Crippen LogP contribution is 2.19. The molecule has 1 aliphatic rings. The van der Waals surface area contributed by atoms with Crippen LogP contribution in [0.3, 0.4) is 0 Å². The SMILES string of the molecule is Cc1ccc(NCCC2=CCCCC2)nn1. The van der Waals surface area contributed by atoms with Crippen LogP contribution < -0.4 is 5.32 Å². The zero-order valence-electron chi connectivity index (χ0n) is 9.87. The first-order valence-electron chi connectivity index (χ1n) is 6.07. The molecule has 1 N–H and O–H groups in total. The fraction of sp³-hybridized carbons (Fsp3) is 0.538. The Balaban J connectivity index is 1.75. The molecule has 0 spiro atoms. The summed E-state index contributed by atoms with van der Waals surface area (Å²) in [5, 5.41) is 11.4. The molecule has 3 nitrogen and oxygen atoms in total. The molecule has 86 valence electrons. The van der Waals surface area contributed by atoms with E-state index in [0.717, 1.165) is 24.5 Å². The fourth-order valence-corrected chi connectivity index (χ4v) is 1.98. The van der Waals surface area contributed by atoms with E-state index in [1.807, 2.05) is 19.1 Å². The molecule has 0 atom stereocenters. The number of allylic oxidation sites excluding steroid dienone is 1. The first-order chi connectivity index (χ1) is 7.84. The van der Waals surface area contributed by atoms with Gasteiger partial charge in [0.15, 0.2) is 0 Å². The Kier molecular flexibility index (Phi) is 3.91. The predicted octanol–water partition coefficient (Wildman–Crippen LogP) is 3.09. The van der Waals surface area contributed by atoms with E-state index in [-0.39, 0.29) is 0 Å². The molecule has 0 saturated heterocycles. The summed E-state index contributed by atoms with van der Waals surface area (Å²) >= 11 is 0. The number of hydrogen-bond acceptors (Lipinski definition) is 3. The zero-order chi connectivity index (χ0) is 11.2. The predicted molar refractivity (Wildman–Crippen MR) is 66.4 cm³/mol. The molecule has 0 amide bonds. The van der Waals surface area contributed by atoms with Crippen molar-refractivity contribution in [1.82, 2.24) is 10.2 Å². The van der Waals surface area contributed by atoms with Crippen molar-refractivity contribution in [3.8, 4) is 0 Å². The van der Waals surface area contributed by atoms with Crippen molar-refractivity contribution >= 4 is 5.82 Å². The van der Waals surface area contributed by atoms with Crippen molar-refractivity contribution in [1.29, 1.82) is 0 Å². The summed E-state index contributed by atoms with van der Waals surface area (Å²) in [5.41, 5.74) is 2.55. The minimum absolute atomic E-state index is 0.877. The summed E-state index contributed by atoms with van der Waals surface area (Å²) in [7, 11) is 0. The number of nitrogens with one attached hydrogen (secondary N) is 1. The molecule has 0 aliphatic heterocycles. The number of hydrogen-bond donors (Lipinski definition) is 1. The quantitative estimate of drug-likeness (QED) is 0.787. The topological polar surface area (TPSA) is 37.8 Å². The van der Waals surface area contributed by atoms with Crippen LogP contribution in [0.4, 0.5) is 5.82 Å². The van der Waals surface area contributed by atoms with E-state index < -0.39 is 0 Å². The molecule has 0 radical (unpaired) electrons. The molecule has 1 aliphatic carbocycles. The van der Waals surface area contributed by atoms with Crippen LogP contribution in [-0.4, -0.2) is 16.7 Å². The highest BCUT2D eigenvalue weighted by Gasteiger charge is 2.03. The normalized spacial score (nSPS) is 15.7. The van der Waals surface area contributed by atoms with Crippen molar-refractivity contribution in [3.05, 3.63) is 29.5 Å². The highest BCUT2D eigenvalue weighted by molar-refractivity contribution is 5.32. The molecule has 0 fully saturated rings. The van der Waals surface area contributed by atoms with Gasteiger partial charge < -0.3 is 5.32 Å². The van der Waals surface area contributed by atoms with Gasteiger partial charge in [-0.1, -0.05) is 11.6 Å². The van der Waals surface area contributed by atoms with Crippen molar-refractivity contribution in [3.63, 3.8) is 0 Å². The van der Waals surface area contributed by atoms with Gasteiger partial charge in [0, 0.05) is 6.54 Å².